The van der Waals surface area contributed by atoms with E-state index < -0.39 is 0 Å². The zero-order valence-corrected chi connectivity index (χ0v) is 15.5. The molecule has 0 radical (unpaired) electrons. The average Bonchev–Trinajstić information content (AvgIpc) is 3.12. The first kappa shape index (κ1) is 16.9. The van der Waals surface area contributed by atoms with Gasteiger partial charge >= 0.3 is 0 Å². The number of nitrogens with one attached hydrogen (secondary N) is 1. The number of aryl methyl sites for hydroxylation is 1. The van der Waals surface area contributed by atoms with Gasteiger partial charge in [-0.05, 0) is 30.5 Å². The normalized spacial score (nSPS) is 13.7. The molecule has 0 atom stereocenters. The van der Waals surface area contributed by atoms with Gasteiger partial charge in [0.25, 0.3) is 0 Å². The standard InChI is InChI=1S/C17H17BrN6O2/c18-12-3-1-2-11(8-12)9-24(13-4-5-13)15(25)7-6-14-21-17(23-26-14)16-19-10-20-22-16/h1-3,8,10,13H,4-7,9H2,(H,19,20,22). The molecule has 1 aromatic carbocycles. The predicted octanol–water partition coefficient (Wildman–Crippen LogP) is 2.74. The van der Waals surface area contributed by atoms with Gasteiger partial charge in [-0.3, -0.25) is 9.89 Å². The van der Waals surface area contributed by atoms with Crippen LogP contribution in [0.4, 0.5) is 0 Å². The molecule has 9 heteroatoms. The van der Waals surface area contributed by atoms with Crippen LogP contribution in [0.2, 0.25) is 0 Å². The molecule has 2 aromatic heterocycles. The smallest absolute Gasteiger partial charge is 0.239 e. The van der Waals surface area contributed by atoms with E-state index in [9.17, 15) is 4.79 Å². The van der Waals surface area contributed by atoms with Crippen LogP contribution in [0.1, 0.15) is 30.7 Å². The van der Waals surface area contributed by atoms with Gasteiger partial charge in [-0.2, -0.15) is 10.1 Å². The van der Waals surface area contributed by atoms with Crippen LogP contribution in [0.5, 0.6) is 0 Å². The first-order valence-electron chi connectivity index (χ1n) is 8.41. The molecule has 1 amide bonds. The van der Waals surface area contributed by atoms with Crippen LogP contribution in [0.3, 0.4) is 0 Å². The molecule has 1 fully saturated rings. The van der Waals surface area contributed by atoms with Crippen molar-refractivity contribution in [3.63, 3.8) is 0 Å². The summed E-state index contributed by atoms with van der Waals surface area (Å²) in [4.78, 5) is 22.9. The van der Waals surface area contributed by atoms with Crippen LogP contribution < -0.4 is 0 Å². The fourth-order valence-corrected chi connectivity index (χ4v) is 3.21. The van der Waals surface area contributed by atoms with E-state index in [4.69, 9.17) is 4.52 Å². The Labute approximate surface area is 158 Å². The fraction of sp³-hybridized carbons (Fsp3) is 0.353. The number of amides is 1. The number of nitrogens with zero attached hydrogens (tertiary/aromatic N) is 5. The summed E-state index contributed by atoms with van der Waals surface area (Å²) < 4.78 is 6.22. The lowest BCUT2D eigenvalue weighted by Crippen LogP contribution is -2.32. The Morgan fingerprint density at radius 1 is 1.38 bits per heavy atom. The van der Waals surface area contributed by atoms with E-state index in [0.717, 1.165) is 22.9 Å². The number of rotatable bonds is 7. The summed E-state index contributed by atoms with van der Waals surface area (Å²) in [6.07, 6.45) is 4.25. The molecular weight excluding hydrogens is 400 g/mol. The first-order valence-corrected chi connectivity index (χ1v) is 9.20. The SMILES string of the molecule is O=C(CCc1nc(-c2ncn[nH]2)no1)N(Cc1cccc(Br)c1)C1CC1. The Bertz CT molecular complexity index is 890. The minimum atomic E-state index is 0.104. The molecule has 0 saturated heterocycles. The highest BCUT2D eigenvalue weighted by Gasteiger charge is 2.32. The largest absolute Gasteiger partial charge is 0.339 e. The number of H-pyrrole nitrogens is 1. The number of carbonyl (C=O) groups is 1. The highest BCUT2D eigenvalue weighted by Crippen LogP contribution is 2.29. The van der Waals surface area contributed by atoms with Gasteiger partial charge in [-0.25, -0.2) is 4.98 Å². The maximum atomic E-state index is 12.7. The average molecular weight is 417 g/mol. The molecule has 2 heterocycles. The Kier molecular flexibility index (Phi) is 4.79. The maximum absolute atomic E-state index is 12.7. The number of aromatic nitrogens is 5. The van der Waals surface area contributed by atoms with Crippen LogP contribution in [0, 0.1) is 0 Å². The molecule has 8 nitrogen and oxygen atoms in total. The number of benzene rings is 1. The second-order valence-corrected chi connectivity index (χ2v) is 7.14. The first-order chi connectivity index (χ1) is 12.7. The van der Waals surface area contributed by atoms with Gasteiger partial charge in [0, 0.05) is 29.9 Å². The van der Waals surface area contributed by atoms with Crippen LogP contribution in [-0.4, -0.2) is 42.2 Å². The molecule has 26 heavy (non-hydrogen) atoms. The van der Waals surface area contributed by atoms with E-state index in [1.807, 2.05) is 29.2 Å². The van der Waals surface area contributed by atoms with Crippen LogP contribution in [0.15, 0.2) is 39.6 Å². The van der Waals surface area contributed by atoms with E-state index in [1.54, 1.807) is 0 Å². The van der Waals surface area contributed by atoms with E-state index >= 15 is 0 Å². The summed E-state index contributed by atoms with van der Waals surface area (Å²) in [6.45, 7) is 0.621. The highest BCUT2D eigenvalue weighted by atomic mass is 79.9. The summed E-state index contributed by atoms with van der Waals surface area (Å²) in [5.74, 6) is 1.31. The van der Waals surface area contributed by atoms with Crippen molar-refractivity contribution in [2.75, 3.05) is 0 Å². The number of halogens is 1. The lowest BCUT2D eigenvalue weighted by Gasteiger charge is -2.22. The summed E-state index contributed by atoms with van der Waals surface area (Å²) in [5.41, 5.74) is 1.12. The molecule has 0 aliphatic heterocycles. The molecule has 1 aliphatic carbocycles. The molecular formula is C17H17BrN6O2. The Morgan fingerprint density at radius 3 is 3.00 bits per heavy atom. The quantitative estimate of drug-likeness (QED) is 0.635. The van der Waals surface area contributed by atoms with Gasteiger partial charge in [0.15, 0.2) is 5.82 Å². The predicted molar refractivity (Wildman–Crippen MR) is 95.7 cm³/mol. The zero-order valence-electron chi connectivity index (χ0n) is 13.9. The minimum absolute atomic E-state index is 0.104. The van der Waals surface area contributed by atoms with Crippen molar-refractivity contribution in [2.24, 2.45) is 0 Å². The summed E-state index contributed by atoms with van der Waals surface area (Å²) in [6, 6.07) is 8.39. The molecule has 0 bridgehead atoms. The Hall–Kier alpha value is -2.55. The summed E-state index contributed by atoms with van der Waals surface area (Å²) in [7, 11) is 0. The molecule has 1 saturated carbocycles. The lowest BCUT2D eigenvalue weighted by molar-refractivity contribution is -0.132. The Balaban J connectivity index is 1.38. The van der Waals surface area contributed by atoms with E-state index in [2.05, 4.69) is 41.3 Å². The van der Waals surface area contributed by atoms with Crippen molar-refractivity contribution >= 4 is 21.8 Å². The number of carbonyl (C=O) groups excluding carboxylic acids is 1. The van der Waals surface area contributed by atoms with Crippen molar-refractivity contribution in [1.82, 2.24) is 30.2 Å². The van der Waals surface area contributed by atoms with E-state index in [-0.39, 0.29) is 5.91 Å². The van der Waals surface area contributed by atoms with Gasteiger partial charge in [0.05, 0.1) is 0 Å². The van der Waals surface area contributed by atoms with Crippen molar-refractivity contribution in [2.45, 2.75) is 38.3 Å². The third kappa shape index (κ3) is 3.98. The monoisotopic (exact) mass is 416 g/mol. The van der Waals surface area contributed by atoms with E-state index in [1.165, 1.54) is 6.33 Å². The highest BCUT2D eigenvalue weighted by molar-refractivity contribution is 9.10. The Morgan fingerprint density at radius 2 is 2.27 bits per heavy atom. The van der Waals surface area contributed by atoms with Crippen LogP contribution in [0.25, 0.3) is 11.6 Å². The van der Waals surface area contributed by atoms with Gasteiger partial charge in [-0.1, -0.05) is 33.2 Å². The number of aromatic amines is 1. The molecule has 0 spiro atoms. The van der Waals surface area contributed by atoms with Crippen molar-refractivity contribution in [3.05, 3.63) is 46.5 Å². The minimum Gasteiger partial charge on any atom is -0.339 e. The zero-order chi connectivity index (χ0) is 17.9. The second kappa shape index (κ2) is 7.36. The number of hydrogen-bond donors (Lipinski definition) is 1. The summed E-state index contributed by atoms with van der Waals surface area (Å²) >= 11 is 3.48. The van der Waals surface area contributed by atoms with Crippen LogP contribution in [-0.2, 0) is 17.8 Å². The molecule has 134 valence electrons. The third-order valence-corrected chi connectivity index (χ3v) is 4.69. The van der Waals surface area contributed by atoms with Crippen molar-refractivity contribution in [1.29, 1.82) is 0 Å². The fourth-order valence-electron chi connectivity index (χ4n) is 2.76. The molecule has 3 aromatic rings. The van der Waals surface area contributed by atoms with Crippen LogP contribution >= 0.6 is 15.9 Å². The maximum Gasteiger partial charge on any atom is 0.239 e. The van der Waals surface area contributed by atoms with Crippen molar-refractivity contribution in [3.8, 4) is 11.6 Å². The van der Waals surface area contributed by atoms with Gasteiger partial charge in [0.1, 0.15) is 6.33 Å². The molecule has 4 rings (SSSR count). The van der Waals surface area contributed by atoms with Gasteiger partial charge in [0.2, 0.25) is 17.6 Å². The molecule has 1 aliphatic rings. The van der Waals surface area contributed by atoms with Crippen molar-refractivity contribution < 1.29 is 9.32 Å². The number of hydrogen-bond acceptors (Lipinski definition) is 6. The van der Waals surface area contributed by atoms with Gasteiger partial charge < -0.3 is 9.42 Å². The molecule has 0 unspecified atom stereocenters. The third-order valence-electron chi connectivity index (χ3n) is 4.20. The topological polar surface area (TPSA) is 101 Å². The lowest BCUT2D eigenvalue weighted by atomic mass is 10.2. The van der Waals surface area contributed by atoms with E-state index in [0.29, 0.717) is 43.0 Å². The summed E-state index contributed by atoms with van der Waals surface area (Å²) in [5, 5.41) is 10.3. The molecule has 1 N–H and O–H groups in total. The van der Waals surface area contributed by atoms with Gasteiger partial charge in [-0.15, -0.1) is 0 Å². The second-order valence-electron chi connectivity index (χ2n) is 6.23.